The quantitative estimate of drug-likeness (QED) is 0.877. The van der Waals surface area contributed by atoms with Gasteiger partial charge in [0.25, 0.3) is 0 Å². The maximum absolute atomic E-state index is 13.7. The van der Waals surface area contributed by atoms with Crippen molar-refractivity contribution < 1.29 is 4.39 Å². The smallest absolute Gasteiger partial charge is 0.148 e. The molecular weight excluding hydrogens is 311 g/mol. The summed E-state index contributed by atoms with van der Waals surface area (Å²) in [6.45, 7) is 0.510. The van der Waals surface area contributed by atoms with E-state index in [-0.39, 0.29) is 5.82 Å². The Balaban J connectivity index is 2.18. The molecule has 0 unspecified atom stereocenters. The zero-order valence-corrected chi connectivity index (χ0v) is 11.5. The molecule has 0 saturated heterocycles. The molecule has 0 amide bonds. The normalized spacial score (nSPS) is 9.95. The largest absolute Gasteiger partial charge is 0.368 e. The van der Waals surface area contributed by atoms with Crippen LogP contribution in [-0.4, -0.2) is 16.7 Å². The lowest BCUT2D eigenvalue weighted by Crippen LogP contribution is -2.03. The van der Waals surface area contributed by atoms with E-state index in [0.717, 1.165) is 4.47 Å². The Morgan fingerprint density at radius 3 is 2.79 bits per heavy atom. The van der Waals surface area contributed by atoms with Gasteiger partial charge in [0.2, 0.25) is 0 Å². The standard InChI is InChI=1S/C13H10BrFN4/c14-9-2-3-11(15)10(8-9)12-4-5-13(19-18-12)17-7-1-6-16/h2-5,8H,1,7H2,(H,17,19). The summed E-state index contributed by atoms with van der Waals surface area (Å²) in [4.78, 5) is 0. The molecule has 4 nitrogen and oxygen atoms in total. The highest BCUT2D eigenvalue weighted by molar-refractivity contribution is 9.10. The van der Waals surface area contributed by atoms with Gasteiger partial charge in [0.15, 0.2) is 0 Å². The Morgan fingerprint density at radius 1 is 1.26 bits per heavy atom. The molecule has 1 N–H and O–H groups in total. The van der Waals surface area contributed by atoms with E-state index in [0.29, 0.717) is 30.0 Å². The fourth-order valence-electron chi connectivity index (χ4n) is 1.51. The van der Waals surface area contributed by atoms with Crippen molar-refractivity contribution in [2.24, 2.45) is 0 Å². The molecule has 1 aromatic heterocycles. The first-order valence-corrected chi connectivity index (χ1v) is 6.40. The lowest BCUT2D eigenvalue weighted by atomic mass is 10.1. The Kier molecular flexibility index (Phi) is 4.42. The molecule has 0 aliphatic heterocycles. The van der Waals surface area contributed by atoms with Crippen molar-refractivity contribution in [2.75, 3.05) is 11.9 Å². The van der Waals surface area contributed by atoms with E-state index < -0.39 is 0 Å². The van der Waals surface area contributed by atoms with Gasteiger partial charge >= 0.3 is 0 Å². The molecule has 0 saturated carbocycles. The average molecular weight is 321 g/mol. The van der Waals surface area contributed by atoms with Gasteiger partial charge in [-0.2, -0.15) is 5.26 Å². The van der Waals surface area contributed by atoms with Crippen molar-refractivity contribution >= 4 is 21.7 Å². The number of nitriles is 1. The first-order chi connectivity index (χ1) is 9.20. The molecule has 19 heavy (non-hydrogen) atoms. The maximum atomic E-state index is 13.7. The van der Waals surface area contributed by atoms with Crippen LogP contribution in [0.5, 0.6) is 0 Å². The molecule has 6 heteroatoms. The monoisotopic (exact) mass is 320 g/mol. The molecule has 0 aliphatic rings. The molecule has 0 atom stereocenters. The summed E-state index contributed by atoms with van der Waals surface area (Å²) >= 11 is 3.29. The zero-order valence-electron chi connectivity index (χ0n) is 9.90. The van der Waals surface area contributed by atoms with E-state index in [1.54, 1.807) is 24.3 Å². The van der Waals surface area contributed by atoms with E-state index >= 15 is 0 Å². The van der Waals surface area contributed by atoms with Crippen molar-refractivity contribution in [3.8, 4) is 17.3 Å². The number of nitrogens with zero attached hydrogens (tertiary/aromatic N) is 3. The van der Waals surface area contributed by atoms with Crippen LogP contribution in [0.25, 0.3) is 11.3 Å². The Bertz CT molecular complexity index is 607. The van der Waals surface area contributed by atoms with Crippen molar-refractivity contribution in [2.45, 2.75) is 6.42 Å². The molecule has 2 rings (SSSR count). The number of hydrogen-bond donors (Lipinski definition) is 1. The average Bonchev–Trinajstić information content (AvgIpc) is 2.43. The lowest BCUT2D eigenvalue weighted by molar-refractivity contribution is 0.630. The molecule has 2 aromatic rings. The van der Waals surface area contributed by atoms with Crippen LogP contribution < -0.4 is 5.32 Å². The third-order valence-electron chi connectivity index (χ3n) is 2.41. The third-order valence-corrected chi connectivity index (χ3v) is 2.91. The minimum Gasteiger partial charge on any atom is -0.368 e. The van der Waals surface area contributed by atoms with Gasteiger partial charge in [-0.25, -0.2) is 4.39 Å². The summed E-state index contributed by atoms with van der Waals surface area (Å²) < 4.78 is 14.4. The van der Waals surface area contributed by atoms with Crippen molar-refractivity contribution in [1.29, 1.82) is 5.26 Å². The number of rotatable bonds is 4. The molecule has 0 aliphatic carbocycles. The number of anilines is 1. The second-order valence-electron chi connectivity index (χ2n) is 3.76. The van der Waals surface area contributed by atoms with Crippen LogP contribution in [0.4, 0.5) is 10.2 Å². The number of benzene rings is 1. The Labute approximate surface area is 118 Å². The first kappa shape index (κ1) is 13.4. The molecular formula is C13H10BrFN4. The number of aromatic nitrogens is 2. The molecule has 1 aromatic carbocycles. The summed E-state index contributed by atoms with van der Waals surface area (Å²) in [6, 6.07) is 10.1. The number of halogens is 2. The molecule has 96 valence electrons. The predicted octanol–water partition coefficient (Wildman–Crippen LogP) is 3.37. The summed E-state index contributed by atoms with van der Waals surface area (Å²) in [5, 5.41) is 19.3. The summed E-state index contributed by atoms with van der Waals surface area (Å²) in [6.07, 6.45) is 0.393. The fourth-order valence-corrected chi connectivity index (χ4v) is 1.87. The Morgan fingerprint density at radius 2 is 2.11 bits per heavy atom. The lowest BCUT2D eigenvalue weighted by Gasteiger charge is -2.05. The van der Waals surface area contributed by atoms with Crippen LogP contribution in [0.3, 0.4) is 0 Å². The van der Waals surface area contributed by atoms with Gasteiger partial charge in [0.05, 0.1) is 18.2 Å². The van der Waals surface area contributed by atoms with Crippen LogP contribution in [0.15, 0.2) is 34.8 Å². The molecule has 0 radical (unpaired) electrons. The van der Waals surface area contributed by atoms with Crippen molar-refractivity contribution in [1.82, 2.24) is 10.2 Å². The number of nitrogens with one attached hydrogen (secondary N) is 1. The third kappa shape index (κ3) is 3.48. The molecule has 0 fully saturated rings. The second-order valence-corrected chi connectivity index (χ2v) is 4.68. The SMILES string of the molecule is N#CCCNc1ccc(-c2cc(Br)ccc2F)nn1. The van der Waals surface area contributed by atoms with Gasteiger partial charge < -0.3 is 5.32 Å². The highest BCUT2D eigenvalue weighted by atomic mass is 79.9. The van der Waals surface area contributed by atoms with Crippen LogP contribution >= 0.6 is 15.9 Å². The predicted molar refractivity (Wildman–Crippen MR) is 73.8 cm³/mol. The molecule has 0 spiro atoms. The van der Waals surface area contributed by atoms with Crippen LogP contribution in [0, 0.1) is 17.1 Å². The highest BCUT2D eigenvalue weighted by Crippen LogP contribution is 2.24. The van der Waals surface area contributed by atoms with E-state index in [9.17, 15) is 4.39 Å². The Hall–Kier alpha value is -2.00. The van der Waals surface area contributed by atoms with E-state index in [4.69, 9.17) is 5.26 Å². The van der Waals surface area contributed by atoms with Crippen LogP contribution in [-0.2, 0) is 0 Å². The topological polar surface area (TPSA) is 61.6 Å². The minimum absolute atomic E-state index is 0.345. The number of hydrogen-bond acceptors (Lipinski definition) is 4. The summed E-state index contributed by atoms with van der Waals surface area (Å²) in [7, 11) is 0. The van der Waals surface area contributed by atoms with Gasteiger partial charge in [-0.05, 0) is 30.3 Å². The van der Waals surface area contributed by atoms with Gasteiger partial charge in [-0.15, -0.1) is 10.2 Å². The maximum Gasteiger partial charge on any atom is 0.148 e. The summed E-state index contributed by atoms with van der Waals surface area (Å²) in [5.41, 5.74) is 0.857. The van der Waals surface area contributed by atoms with Crippen molar-refractivity contribution in [3.63, 3.8) is 0 Å². The van der Waals surface area contributed by atoms with E-state index in [1.165, 1.54) is 6.07 Å². The highest BCUT2D eigenvalue weighted by Gasteiger charge is 2.07. The van der Waals surface area contributed by atoms with Crippen molar-refractivity contribution in [3.05, 3.63) is 40.6 Å². The minimum atomic E-state index is -0.345. The fraction of sp³-hybridized carbons (Fsp3) is 0.154. The summed E-state index contributed by atoms with van der Waals surface area (Å²) in [5.74, 6) is 0.220. The van der Waals surface area contributed by atoms with Crippen LogP contribution in [0.1, 0.15) is 6.42 Å². The zero-order chi connectivity index (χ0) is 13.7. The van der Waals surface area contributed by atoms with E-state index in [2.05, 4.69) is 31.4 Å². The molecule has 1 heterocycles. The van der Waals surface area contributed by atoms with Gasteiger partial charge in [0, 0.05) is 16.6 Å². The van der Waals surface area contributed by atoms with Gasteiger partial charge in [0.1, 0.15) is 11.6 Å². The van der Waals surface area contributed by atoms with Gasteiger partial charge in [-0.3, -0.25) is 0 Å². The van der Waals surface area contributed by atoms with E-state index in [1.807, 2.05) is 6.07 Å². The molecule has 0 bridgehead atoms. The van der Waals surface area contributed by atoms with Gasteiger partial charge in [-0.1, -0.05) is 15.9 Å². The second kappa shape index (κ2) is 6.25. The van der Waals surface area contributed by atoms with Crippen LogP contribution in [0.2, 0.25) is 0 Å². The first-order valence-electron chi connectivity index (χ1n) is 5.60.